The minimum atomic E-state index is -0.426. The van der Waals surface area contributed by atoms with E-state index in [0.717, 1.165) is 14.7 Å². The van der Waals surface area contributed by atoms with Crippen LogP contribution in [0.5, 0.6) is 0 Å². The van der Waals surface area contributed by atoms with Crippen molar-refractivity contribution >= 4 is 45.8 Å². The van der Waals surface area contributed by atoms with E-state index in [9.17, 15) is 4.39 Å². The third-order valence-electron chi connectivity index (χ3n) is 2.96. The van der Waals surface area contributed by atoms with Crippen LogP contribution in [-0.4, -0.2) is 0 Å². The molecule has 0 fully saturated rings. The molecule has 0 saturated carbocycles. The maximum Gasteiger partial charge on any atom is 0.141 e. The zero-order valence-electron chi connectivity index (χ0n) is 10.3. The number of benzene rings is 2. The molecule has 106 valence electrons. The van der Waals surface area contributed by atoms with E-state index in [1.54, 1.807) is 12.1 Å². The molecular formula is C14H12Cl2FIN2. The average Bonchev–Trinajstić information content (AvgIpc) is 2.43. The molecule has 0 bridgehead atoms. The van der Waals surface area contributed by atoms with Crippen LogP contribution >= 0.6 is 45.8 Å². The van der Waals surface area contributed by atoms with Crippen molar-refractivity contribution in [3.05, 3.63) is 67.0 Å². The molecule has 0 spiro atoms. The summed E-state index contributed by atoms with van der Waals surface area (Å²) in [6, 6.07) is 10.2. The van der Waals surface area contributed by atoms with Gasteiger partial charge in [-0.25, -0.2) is 4.39 Å². The molecule has 2 nitrogen and oxygen atoms in total. The molecule has 2 aromatic carbocycles. The SMILES string of the molecule is NNC(Cc1ccc(F)c(Cl)c1)c1cc(Cl)ccc1I. The van der Waals surface area contributed by atoms with Crippen LogP contribution in [0.25, 0.3) is 0 Å². The van der Waals surface area contributed by atoms with Gasteiger partial charge >= 0.3 is 0 Å². The highest BCUT2D eigenvalue weighted by Gasteiger charge is 2.15. The smallest absolute Gasteiger partial charge is 0.141 e. The Morgan fingerprint density at radius 2 is 1.95 bits per heavy atom. The summed E-state index contributed by atoms with van der Waals surface area (Å²) < 4.78 is 14.2. The van der Waals surface area contributed by atoms with Gasteiger partial charge < -0.3 is 0 Å². The van der Waals surface area contributed by atoms with Gasteiger partial charge in [-0.05, 0) is 70.5 Å². The number of hydrogen-bond donors (Lipinski definition) is 2. The van der Waals surface area contributed by atoms with Crippen LogP contribution in [0.4, 0.5) is 4.39 Å². The van der Waals surface area contributed by atoms with Crippen LogP contribution in [0.15, 0.2) is 36.4 Å². The highest BCUT2D eigenvalue weighted by atomic mass is 127. The Balaban J connectivity index is 2.28. The lowest BCUT2D eigenvalue weighted by Gasteiger charge is -2.18. The molecule has 0 aromatic heterocycles. The lowest BCUT2D eigenvalue weighted by molar-refractivity contribution is 0.548. The summed E-state index contributed by atoms with van der Waals surface area (Å²) in [6.07, 6.45) is 0.590. The summed E-state index contributed by atoms with van der Waals surface area (Å²) in [5.41, 5.74) is 4.67. The summed E-state index contributed by atoms with van der Waals surface area (Å²) in [7, 11) is 0. The molecule has 1 atom stereocenters. The van der Waals surface area contributed by atoms with Crippen molar-refractivity contribution in [2.75, 3.05) is 0 Å². The normalized spacial score (nSPS) is 12.4. The second-order valence-corrected chi connectivity index (χ2v) is 6.34. The van der Waals surface area contributed by atoms with Crippen molar-refractivity contribution in [2.24, 2.45) is 5.84 Å². The summed E-state index contributed by atoms with van der Waals surface area (Å²) in [4.78, 5) is 0. The largest absolute Gasteiger partial charge is 0.271 e. The van der Waals surface area contributed by atoms with Gasteiger partial charge in [-0.3, -0.25) is 11.3 Å². The zero-order valence-corrected chi connectivity index (χ0v) is 14.0. The van der Waals surface area contributed by atoms with Crippen LogP contribution in [0.1, 0.15) is 17.2 Å². The Morgan fingerprint density at radius 1 is 1.20 bits per heavy atom. The van der Waals surface area contributed by atoms with Crippen molar-refractivity contribution < 1.29 is 4.39 Å². The summed E-state index contributed by atoms with van der Waals surface area (Å²) in [6.45, 7) is 0. The summed E-state index contributed by atoms with van der Waals surface area (Å²) in [5, 5.41) is 0.761. The quantitative estimate of drug-likeness (QED) is 0.431. The fraction of sp³-hybridized carbons (Fsp3) is 0.143. The second-order valence-electron chi connectivity index (χ2n) is 4.34. The minimum absolute atomic E-state index is 0.110. The first-order valence-corrected chi connectivity index (χ1v) is 7.69. The van der Waals surface area contributed by atoms with Crippen molar-refractivity contribution in [2.45, 2.75) is 12.5 Å². The number of hydrazine groups is 1. The first-order chi connectivity index (χ1) is 9.51. The van der Waals surface area contributed by atoms with Crippen molar-refractivity contribution in [1.82, 2.24) is 5.43 Å². The molecular weight excluding hydrogens is 413 g/mol. The molecule has 2 rings (SSSR count). The van der Waals surface area contributed by atoms with Crippen molar-refractivity contribution in [3.63, 3.8) is 0 Å². The first kappa shape index (κ1) is 16.0. The Labute approximate surface area is 140 Å². The maximum atomic E-state index is 13.2. The van der Waals surface area contributed by atoms with Gasteiger partial charge in [0.05, 0.1) is 11.1 Å². The van der Waals surface area contributed by atoms with E-state index < -0.39 is 5.82 Å². The van der Waals surface area contributed by atoms with E-state index >= 15 is 0 Å². The fourth-order valence-electron chi connectivity index (χ4n) is 1.94. The van der Waals surface area contributed by atoms with E-state index in [1.165, 1.54) is 6.07 Å². The monoisotopic (exact) mass is 424 g/mol. The average molecular weight is 425 g/mol. The van der Waals surface area contributed by atoms with E-state index in [-0.39, 0.29) is 11.1 Å². The van der Waals surface area contributed by atoms with Gasteiger partial charge in [0.25, 0.3) is 0 Å². The number of hydrogen-bond acceptors (Lipinski definition) is 2. The highest BCUT2D eigenvalue weighted by Crippen LogP contribution is 2.27. The summed E-state index contributed by atoms with van der Waals surface area (Å²) in [5.74, 6) is 5.21. The molecule has 0 amide bonds. The molecule has 0 saturated heterocycles. The standard InChI is InChI=1S/C14H12Cl2FIN2/c15-9-2-4-13(18)10(7-9)14(20-19)6-8-1-3-12(17)11(16)5-8/h1-5,7,14,20H,6,19H2. The van der Waals surface area contributed by atoms with Crippen LogP contribution in [0, 0.1) is 9.39 Å². The number of nitrogens with two attached hydrogens (primary N) is 1. The van der Waals surface area contributed by atoms with E-state index in [1.807, 2.05) is 18.2 Å². The molecule has 0 aliphatic rings. The lowest BCUT2D eigenvalue weighted by atomic mass is 9.99. The highest BCUT2D eigenvalue weighted by molar-refractivity contribution is 14.1. The van der Waals surface area contributed by atoms with Crippen LogP contribution < -0.4 is 11.3 Å². The maximum absolute atomic E-state index is 13.2. The van der Waals surface area contributed by atoms with E-state index in [2.05, 4.69) is 28.0 Å². The molecule has 3 N–H and O–H groups in total. The first-order valence-electron chi connectivity index (χ1n) is 5.86. The van der Waals surface area contributed by atoms with E-state index in [4.69, 9.17) is 29.0 Å². The number of nitrogens with one attached hydrogen (secondary N) is 1. The molecule has 2 aromatic rings. The van der Waals surface area contributed by atoms with Crippen molar-refractivity contribution in [1.29, 1.82) is 0 Å². The van der Waals surface area contributed by atoms with Gasteiger partial charge in [-0.15, -0.1) is 0 Å². The Hall–Kier alpha value is -0.400. The molecule has 6 heteroatoms. The van der Waals surface area contributed by atoms with E-state index in [0.29, 0.717) is 11.4 Å². The molecule has 0 aliphatic carbocycles. The Kier molecular flexibility index (Phi) is 5.63. The third-order valence-corrected chi connectivity index (χ3v) is 4.47. The minimum Gasteiger partial charge on any atom is -0.271 e. The van der Waals surface area contributed by atoms with Gasteiger partial charge in [0, 0.05) is 8.59 Å². The topological polar surface area (TPSA) is 38.0 Å². The molecule has 0 radical (unpaired) electrons. The van der Waals surface area contributed by atoms with Crippen LogP contribution in [0.2, 0.25) is 10.0 Å². The van der Waals surface area contributed by atoms with Gasteiger partial charge in [0.2, 0.25) is 0 Å². The van der Waals surface area contributed by atoms with Gasteiger partial charge in [0.15, 0.2) is 0 Å². The zero-order chi connectivity index (χ0) is 14.7. The van der Waals surface area contributed by atoms with Crippen molar-refractivity contribution in [3.8, 4) is 0 Å². The lowest BCUT2D eigenvalue weighted by Crippen LogP contribution is -2.30. The van der Waals surface area contributed by atoms with Gasteiger partial charge in [0.1, 0.15) is 5.82 Å². The molecule has 0 heterocycles. The Morgan fingerprint density at radius 3 is 2.60 bits per heavy atom. The summed E-state index contributed by atoms with van der Waals surface area (Å²) >= 11 is 14.0. The fourth-order valence-corrected chi connectivity index (χ4v) is 3.04. The van der Waals surface area contributed by atoms with Crippen LogP contribution in [-0.2, 0) is 6.42 Å². The third kappa shape index (κ3) is 3.83. The number of rotatable bonds is 4. The Bertz CT molecular complexity index is 622. The van der Waals surface area contributed by atoms with Crippen LogP contribution in [0.3, 0.4) is 0 Å². The number of halogens is 4. The molecule has 20 heavy (non-hydrogen) atoms. The van der Waals surface area contributed by atoms with Gasteiger partial charge in [-0.1, -0.05) is 29.3 Å². The predicted molar refractivity (Wildman–Crippen MR) is 89.3 cm³/mol. The molecule has 1 unspecified atom stereocenters. The molecule has 0 aliphatic heterocycles. The van der Waals surface area contributed by atoms with Gasteiger partial charge in [-0.2, -0.15) is 0 Å². The predicted octanol–water partition coefficient (Wildman–Crippen LogP) is 4.48. The second kappa shape index (κ2) is 7.04.